The van der Waals surface area contributed by atoms with E-state index in [0.29, 0.717) is 6.04 Å². The molecule has 2 atom stereocenters. The number of piperidine rings is 1. The Labute approximate surface area is 94.8 Å². The standard InChI is InChI=1S/C11H18N2OS/c1-8-3-4-13(9(2)5-8)11-12-6-10(7-14)15-11/h6,8-9,14H,3-5,7H2,1-2H3. The fraction of sp³-hybridized carbons (Fsp3) is 0.727. The molecule has 84 valence electrons. The van der Waals surface area contributed by atoms with Crippen LogP contribution in [0.4, 0.5) is 5.13 Å². The minimum Gasteiger partial charge on any atom is -0.391 e. The van der Waals surface area contributed by atoms with Gasteiger partial charge in [0.1, 0.15) is 0 Å². The van der Waals surface area contributed by atoms with E-state index in [9.17, 15) is 0 Å². The van der Waals surface area contributed by atoms with Crippen molar-refractivity contribution < 1.29 is 5.11 Å². The first-order valence-corrected chi connectivity index (χ1v) is 6.34. The van der Waals surface area contributed by atoms with E-state index >= 15 is 0 Å². The molecule has 2 rings (SSSR count). The molecule has 1 saturated heterocycles. The second kappa shape index (κ2) is 4.49. The maximum absolute atomic E-state index is 9.01. The SMILES string of the molecule is CC1CCN(c2ncc(CO)s2)C(C)C1. The highest BCUT2D eigenvalue weighted by atomic mass is 32.1. The second-order valence-corrected chi connectivity index (χ2v) is 5.53. The molecular weight excluding hydrogens is 208 g/mol. The molecule has 1 fully saturated rings. The largest absolute Gasteiger partial charge is 0.391 e. The summed E-state index contributed by atoms with van der Waals surface area (Å²) in [6, 6.07) is 0.575. The molecule has 0 saturated carbocycles. The van der Waals surface area contributed by atoms with E-state index in [0.717, 1.165) is 22.5 Å². The summed E-state index contributed by atoms with van der Waals surface area (Å²) in [6.45, 7) is 5.78. The van der Waals surface area contributed by atoms with Gasteiger partial charge in [-0.25, -0.2) is 4.98 Å². The number of aromatic nitrogens is 1. The summed E-state index contributed by atoms with van der Waals surface area (Å²) in [7, 11) is 0. The quantitative estimate of drug-likeness (QED) is 0.840. The zero-order chi connectivity index (χ0) is 10.8. The highest BCUT2D eigenvalue weighted by Gasteiger charge is 2.24. The molecule has 2 heterocycles. The van der Waals surface area contributed by atoms with E-state index in [-0.39, 0.29) is 6.61 Å². The van der Waals surface area contributed by atoms with Crippen LogP contribution in [-0.4, -0.2) is 22.7 Å². The Morgan fingerprint density at radius 3 is 3.00 bits per heavy atom. The van der Waals surface area contributed by atoms with Crippen LogP contribution in [0.3, 0.4) is 0 Å². The monoisotopic (exact) mass is 226 g/mol. The Hall–Kier alpha value is -0.610. The Bertz CT molecular complexity index is 326. The Morgan fingerprint density at radius 2 is 2.40 bits per heavy atom. The third kappa shape index (κ3) is 2.32. The predicted octanol–water partition coefficient (Wildman–Crippen LogP) is 2.26. The first-order valence-electron chi connectivity index (χ1n) is 5.53. The maximum Gasteiger partial charge on any atom is 0.185 e. The van der Waals surface area contributed by atoms with E-state index in [2.05, 4.69) is 23.7 Å². The third-order valence-corrected chi connectivity index (χ3v) is 4.10. The van der Waals surface area contributed by atoms with Gasteiger partial charge >= 0.3 is 0 Å². The molecule has 1 aliphatic rings. The van der Waals surface area contributed by atoms with Gasteiger partial charge < -0.3 is 10.0 Å². The van der Waals surface area contributed by atoms with Gasteiger partial charge in [-0.2, -0.15) is 0 Å². The first-order chi connectivity index (χ1) is 7.20. The van der Waals surface area contributed by atoms with E-state index < -0.39 is 0 Å². The van der Waals surface area contributed by atoms with Crippen LogP contribution >= 0.6 is 11.3 Å². The molecule has 4 heteroatoms. The molecule has 0 radical (unpaired) electrons. The van der Waals surface area contributed by atoms with Crippen LogP contribution in [0.2, 0.25) is 0 Å². The number of hydrogen-bond donors (Lipinski definition) is 1. The van der Waals surface area contributed by atoms with Crippen LogP contribution in [0.1, 0.15) is 31.6 Å². The molecule has 0 aliphatic carbocycles. The van der Waals surface area contributed by atoms with Gasteiger partial charge in [-0.3, -0.25) is 0 Å². The van der Waals surface area contributed by atoms with Crippen LogP contribution in [0.5, 0.6) is 0 Å². The molecule has 0 amide bonds. The molecule has 0 spiro atoms. The lowest BCUT2D eigenvalue weighted by atomic mass is 9.94. The van der Waals surface area contributed by atoms with Crippen LogP contribution in [0, 0.1) is 5.92 Å². The Balaban J connectivity index is 2.09. The molecular formula is C11H18N2OS. The molecule has 3 nitrogen and oxygen atoms in total. The minimum absolute atomic E-state index is 0.107. The van der Waals surface area contributed by atoms with Gasteiger partial charge in [0.05, 0.1) is 11.5 Å². The van der Waals surface area contributed by atoms with Gasteiger partial charge in [0.25, 0.3) is 0 Å². The average Bonchev–Trinajstić information content (AvgIpc) is 2.66. The summed E-state index contributed by atoms with van der Waals surface area (Å²) in [4.78, 5) is 7.69. The van der Waals surface area contributed by atoms with Crippen LogP contribution in [0.15, 0.2) is 6.20 Å². The summed E-state index contributed by atoms with van der Waals surface area (Å²) in [5.74, 6) is 0.827. The van der Waals surface area contributed by atoms with E-state index in [1.165, 1.54) is 12.8 Å². The van der Waals surface area contributed by atoms with E-state index in [4.69, 9.17) is 5.11 Å². The molecule has 1 aromatic heterocycles. The molecule has 0 bridgehead atoms. The van der Waals surface area contributed by atoms with Crippen LogP contribution in [-0.2, 0) is 6.61 Å². The first kappa shape index (κ1) is 10.9. The normalized spacial score (nSPS) is 27.0. The van der Waals surface area contributed by atoms with Crippen molar-refractivity contribution in [2.45, 2.75) is 39.3 Å². The van der Waals surface area contributed by atoms with Crippen molar-refractivity contribution in [3.05, 3.63) is 11.1 Å². The molecule has 2 unspecified atom stereocenters. The number of aliphatic hydroxyl groups is 1. The maximum atomic E-state index is 9.01. The van der Waals surface area contributed by atoms with Gasteiger partial charge in [0, 0.05) is 18.8 Å². The van der Waals surface area contributed by atoms with Crippen LogP contribution in [0.25, 0.3) is 0 Å². The fourth-order valence-corrected chi connectivity index (χ4v) is 3.09. The van der Waals surface area contributed by atoms with Crippen molar-refractivity contribution >= 4 is 16.5 Å². The van der Waals surface area contributed by atoms with Crippen molar-refractivity contribution in [2.75, 3.05) is 11.4 Å². The number of rotatable bonds is 2. The van der Waals surface area contributed by atoms with Crippen molar-refractivity contribution in [1.29, 1.82) is 0 Å². The highest BCUT2D eigenvalue weighted by molar-refractivity contribution is 7.15. The van der Waals surface area contributed by atoms with Crippen molar-refractivity contribution in [1.82, 2.24) is 4.98 Å². The third-order valence-electron chi connectivity index (χ3n) is 3.08. The second-order valence-electron chi connectivity index (χ2n) is 4.44. The lowest BCUT2D eigenvalue weighted by molar-refractivity contribution is 0.285. The summed E-state index contributed by atoms with van der Waals surface area (Å²) in [6.07, 6.45) is 4.27. The van der Waals surface area contributed by atoms with Crippen molar-refractivity contribution in [2.24, 2.45) is 5.92 Å². The highest BCUT2D eigenvalue weighted by Crippen LogP contribution is 2.30. The number of nitrogens with zero attached hydrogens (tertiary/aromatic N) is 2. The predicted molar refractivity (Wildman–Crippen MR) is 63.2 cm³/mol. The lowest BCUT2D eigenvalue weighted by Crippen LogP contribution is -2.40. The summed E-state index contributed by atoms with van der Waals surface area (Å²) in [5, 5.41) is 10.1. The van der Waals surface area contributed by atoms with Gasteiger partial charge in [-0.15, -0.1) is 0 Å². The Kier molecular flexibility index (Phi) is 3.26. The molecule has 1 N–H and O–H groups in total. The number of hydrogen-bond acceptors (Lipinski definition) is 4. The van der Waals surface area contributed by atoms with Gasteiger partial charge in [0.2, 0.25) is 0 Å². The number of thiazole rings is 1. The van der Waals surface area contributed by atoms with Crippen molar-refractivity contribution in [3.63, 3.8) is 0 Å². The average molecular weight is 226 g/mol. The van der Waals surface area contributed by atoms with Gasteiger partial charge in [0.15, 0.2) is 5.13 Å². The Morgan fingerprint density at radius 1 is 1.60 bits per heavy atom. The molecule has 15 heavy (non-hydrogen) atoms. The summed E-state index contributed by atoms with van der Waals surface area (Å²) >= 11 is 1.61. The zero-order valence-electron chi connectivity index (χ0n) is 9.31. The van der Waals surface area contributed by atoms with Crippen LogP contribution < -0.4 is 4.90 Å². The molecule has 0 aromatic carbocycles. The topological polar surface area (TPSA) is 36.4 Å². The van der Waals surface area contributed by atoms with E-state index in [1.807, 2.05) is 0 Å². The van der Waals surface area contributed by atoms with Gasteiger partial charge in [-0.05, 0) is 25.7 Å². The smallest absolute Gasteiger partial charge is 0.185 e. The minimum atomic E-state index is 0.107. The zero-order valence-corrected chi connectivity index (χ0v) is 10.1. The number of aliphatic hydroxyl groups excluding tert-OH is 1. The molecule has 1 aromatic rings. The fourth-order valence-electron chi connectivity index (χ4n) is 2.19. The lowest BCUT2D eigenvalue weighted by Gasteiger charge is -2.36. The molecule has 1 aliphatic heterocycles. The summed E-state index contributed by atoms with van der Waals surface area (Å²) < 4.78 is 0. The van der Waals surface area contributed by atoms with Gasteiger partial charge in [-0.1, -0.05) is 18.3 Å². The number of anilines is 1. The summed E-state index contributed by atoms with van der Waals surface area (Å²) in [5.41, 5.74) is 0. The van der Waals surface area contributed by atoms with Crippen molar-refractivity contribution in [3.8, 4) is 0 Å². The van der Waals surface area contributed by atoms with E-state index in [1.54, 1.807) is 17.5 Å².